The second-order valence-corrected chi connectivity index (χ2v) is 6.28. The van der Waals surface area contributed by atoms with Crippen molar-refractivity contribution < 1.29 is 30.9 Å². The molecule has 0 aliphatic rings. The molecule has 23 heavy (non-hydrogen) atoms. The Kier molecular flexibility index (Phi) is 4.96. The van der Waals surface area contributed by atoms with Crippen LogP contribution >= 0.6 is 0 Å². The van der Waals surface area contributed by atoms with Crippen LogP contribution in [0, 0.1) is 0 Å². The van der Waals surface area contributed by atoms with Gasteiger partial charge < -0.3 is 9.29 Å². The molecule has 0 radical (unpaired) electrons. The van der Waals surface area contributed by atoms with Gasteiger partial charge in [0.05, 0.1) is 6.61 Å². The fourth-order valence-electron chi connectivity index (χ4n) is 1.93. The lowest BCUT2D eigenvalue weighted by molar-refractivity contribution is -0.0500. The highest BCUT2D eigenvalue weighted by Gasteiger charge is 2.48. The SMILES string of the molecule is O=S(=O)(Oc1ccc(CO)cc1Cc1ccccc1)C(F)(F)F. The number of halogens is 3. The van der Waals surface area contributed by atoms with Crippen LogP contribution in [0.5, 0.6) is 5.75 Å². The van der Waals surface area contributed by atoms with E-state index in [-0.39, 0.29) is 18.6 Å². The lowest BCUT2D eigenvalue weighted by Gasteiger charge is -2.14. The second kappa shape index (κ2) is 6.59. The highest BCUT2D eigenvalue weighted by molar-refractivity contribution is 7.88. The van der Waals surface area contributed by atoms with E-state index in [0.29, 0.717) is 5.56 Å². The quantitative estimate of drug-likeness (QED) is 0.668. The molecule has 2 rings (SSSR count). The third-order valence-electron chi connectivity index (χ3n) is 3.03. The van der Waals surface area contributed by atoms with Crippen LogP contribution in [0.4, 0.5) is 13.2 Å². The van der Waals surface area contributed by atoms with Crippen LogP contribution in [0.1, 0.15) is 16.7 Å². The maximum Gasteiger partial charge on any atom is 0.534 e. The van der Waals surface area contributed by atoms with E-state index in [4.69, 9.17) is 5.11 Å². The average molecular weight is 346 g/mol. The highest BCUT2D eigenvalue weighted by Crippen LogP contribution is 2.30. The second-order valence-electron chi connectivity index (χ2n) is 4.75. The summed E-state index contributed by atoms with van der Waals surface area (Å²) in [5.41, 5.74) is -4.08. The summed E-state index contributed by atoms with van der Waals surface area (Å²) in [6.07, 6.45) is 0.164. The number of benzene rings is 2. The molecule has 8 heteroatoms. The molecule has 0 amide bonds. The Morgan fingerprint density at radius 2 is 1.65 bits per heavy atom. The molecule has 0 aliphatic heterocycles. The molecule has 4 nitrogen and oxygen atoms in total. The van der Waals surface area contributed by atoms with Gasteiger partial charge in [0.1, 0.15) is 5.75 Å². The number of aliphatic hydroxyl groups is 1. The van der Waals surface area contributed by atoms with Gasteiger partial charge in [-0.3, -0.25) is 0 Å². The molecule has 0 spiro atoms. The van der Waals surface area contributed by atoms with Crippen LogP contribution in [-0.2, 0) is 23.1 Å². The first-order chi connectivity index (χ1) is 10.7. The van der Waals surface area contributed by atoms with E-state index in [9.17, 15) is 21.6 Å². The van der Waals surface area contributed by atoms with E-state index < -0.39 is 21.4 Å². The molecule has 0 heterocycles. The summed E-state index contributed by atoms with van der Waals surface area (Å²) in [6.45, 7) is -0.325. The third-order valence-corrected chi connectivity index (χ3v) is 3.99. The molecular weight excluding hydrogens is 333 g/mol. The Labute approximate surface area is 131 Å². The first-order valence-electron chi connectivity index (χ1n) is 6.50. The molecule has 0 fully saturated rings. The summed E-state index contributed by atoms with van der Waals surface area (Å²) in [7, 11) is -5.75. The summed E-state index contributed by atoms with van der Waals surface area (Å²) in [6, 6.07) is 12.6. The molecule has 124 valence electrons. The lowest BCUT2D eigenvalue weighted by Crippen LogP contribution is -2.28. The zero-order chi connectivity index (χ0) is 17.1. The minimum atomic E-state index is -5.75. The lowest BCUT2D eigenvalue weighted by atomic mass is 10.0. The van der Waals surface area contributed by atoms with Crippen LogP contribution in [0.25, 0.3) is 0 Å². The number of hydrogen-bond acceptors (Lipinski definition) is 4. The largest absolute Gasteiger partial charge is 0.534 e. The maximum atomic E-state index is 12.5. The fourth-order valence-corrected chi connectivity index (χ4v) is 2.43. The van der Waals surface area contributed by atoms with E-state index in [2.05, 4.69) is 4.18 Å². The van der Waals surface area contributed by atoms with E-state index in [1.807, 2.05) is 0 Å². The van der Waals surface area contributed by atoms with Gasteiger partial charge in [0, 0.05) is 12.0 Å². The van der Waals surface area contributed by atoms with Gasteiger partial charge in [0.25, 0.3) is 0 Å². The minimum Gasteiger partial charge on any atom is -0.392 e. The van der Waals surface area contributed by atoms with Gasteiger partial charge in [0.2, 0.25) is 0 Å². The Balaban J connectivity index is 2.40. The molecule has 0 bridgehead atoms. The van der Waals surface area contributed by atoms with Gasteiger partial charge in [-0.15, -0.1) is 0 Å². The van der Waals surface area contributed by atoms with Crippen molar-refractivity contribution in [3.05, 3.63) is 65.2 Å². The van der Waals surface area contributed by atoms with Crippen LogP contribution in [-0.4, -0.2) is 19.0 Å². The van der Waals surface area contributed by atoms with Crippen LogP contribution < -0.4 is 4.18 Å². The zero-order valence-corrected chi connectivity index (χ0v) is 12.6. The van der Waals surface area contributed by atoms with Gasteiger partial charge >= 0.3 is 15.6 Å². The maximum absolute atomic E-state index is 12.5. The van der Waals surface area contributed by atoms with Crippen LogP contribution in [0.3, 0.4) is 0 Å². The van der Waals surface area contributed by atoms with E-state index in [0.717, 1.165) is 11.6 Å². The molecule has 0 aliphatic carbocycles. The summed E-state index contributed by atoms with van der Waals surface area (Å²) < 4.78 is 64.0. The molecule has 1 N–H and O–H groups in total. The zero-order valence-electron chi connectivity index (χ0n) is 11.7. The average Bonchev–Trinajstić information content (AvgIpc) is 2.48. The minimum absolute atomic E-state index is 0.164. The fraction of sp³-hybridized carbons (Fsp3) is 0.200. The Morgan fingerprint density at radius 3 is 2.22 bits per heavy atom. The van der Waals surface area contributed by atoms with Gasteiger partial charge in [-0.1, -0.05) is 36.4 Å². The topological polar surface area (TPSA) is 63.6 Å². The summed E-state index contributed by atoms with van der Waals surface area (Å²) >= 11 is 0. The Morgan fingerprint density at radius 1 is 1.00 bits per heavy atom. The molecule has 2 aromatic carbocycles. The number of hydrogen-bond donors (Lipinski definition) is 1. The van der Waals surface area contributed by atoms with Crippen molar-refractivity contribution in [3.8, 4) is 5.75 Å². The normalized spacial score (nSPS) is 12.2. The van der Waals surface area contributed by atoms with Crippen molar-refractivity contribution in [1.29, 1.82) is 0 Å². The number of alkyl halides is 3. The smallest absolute Gasteiger partial charge is 0.392 e. The van der Waals surface area contributed by atoms with E-state index in [1.165, 1.54) is 12.1 Å². The van der Waals surface area contributed by atoms with Gasteiger partial charge in [-0.05, 0) is 23.3 Å². The standard InChI is InChI=1S/C15H13F3O4S/c16-15(17,18)23(20,21)22-14-7-6-12(10-19)9-13(14)8-11-4-2-1-3-5-11/h1-7,9,19H,8,10H2. The third kappa shape index (κ3) is 4.23. The molecule has 0 atom stereocenters. The summed E-state index contributed by atoms with van der Waals surface area (Å²) in [4.78, 5) is 0. The predicted molar refractivity (Wildman–Crippen MR) is 77.2 cm³/mol. The van der Waals surface area contributed by atoms with Gasteiger partial charge in [-0.25, -0.2) is 0 Å². The van der Waals surface area contributed by atoms with Crippen molar-refractivity contribution in [3.63, 3.8) is 0 Å². The first-order valence-corrected chi connectivity index (χ1v) is 7.91. The van der Waals surface area contributed by atoms with Crippen molar-refractivity contribution in [2.75, 3.05) is 0 Å². The Bertz CT molecular complexity index is 771. The molecular formula is C15H13F3O4S. The predicted octanol–water partition coefficient (Wildman–Crippen LogP) is 3.00. The van der Waals surface area contributed by atoms with Crippen molar-refractivity contribution in [2.24, 2.45) is 0 Å². The van der Waals surface area contributed by atoms with Crippen LogP contribution in [0.15, 0.2) is 48.5 Å². The molecule has 0 aromatic heterocycles. The molecule has 2 aromatic rings. The monoisotopic (exact) mass is 346 g/mol. The van der Waals surface area contributed by atoms with Gasteiger partial charge in [-0.2, -0.15) is 21.6 Å². The molecule has 0 saturated heterocycles. The number of rotatable bonds is 5. The summed E-state index contributed by atoms with van der Waals surface area (Å²) in [5, 5.41) is 9.14. The van der Waals surface area contributed by atoms with Gasteiger partial charge in [0.15, 0.2) is 0 Å². The Hall–Kier alpha value is -2.06. The van der Waals surface area contributed by atoms with E-state index in [1.54, 1.807) is 30.3 Å². The molecule has 0 unspecified atom stereocenters. The van der Waals surface area contributed by atoms with E-state index >= 15 is 0 Å². The van der Waals surface area contributed by atoms with Crippen LogP contribution in [0.2, 0.25) is 0 Å². The van der Waals surface area contributed by atoms with Crippen molar-refractivity contribution in [2.45, 2.75) is 18.5 Å². The first kappa shape index (κ1) is 17.3. The summed E-state index contributed by atoms with van der Waals surface area (Å²) in [5.74, 6) is -0.414. The van der Waals surface area contributed by atoms with Crippen molar-refractivity contribution >= 4 is 10.1 Å². The van der Waals surface area contributed by atoms with Crippen molar-refractivity contribution in [1.82, 2.24) is 0 Å². The highest BCUT2D eigenvalue weighted by atomic mass is 32.2. The number of aliphatic hydroxyl groups excluding tert-OH is 1. The molecule has 0 saturated carbocycles.